The number of benzene rings is 2. The Bertz CT molecular complexity index is 1020. The molecule has 0 radical (unpaired) electrons. The minimum atomic E-state index is -3.84. The predicted molar refractivity (Wildman–Crippen MR) is 106 cm³/mol. The first-order valence-electron chi connectivity index (χ1n) is 8.54. The maximum absolute atomic E-state index is 14.0. The molecule has 29 heavy (non-hydrogen) atoms. The van der Waals surface area contributed by atoms with Gasteiger partial charge in [0.2, 0.25) is 15.9 Å². The summed E-state index contributed by atoms with van der Waals surface area (Å²) in [5.41, 5.74) is 0.442. The molecule has 6 nitrogen and oxygen atoms in total. The van der Waals surface area contributed by atoms with Gasteiger partial charge in [0, 0.05) is 24.9 Å². The number of carbonyl (C=O) groups is 1. The Hall–Kier alpha value is -3.01. The number of sulfonamides is 1. The highest BCUT2D eigenvalue weighted by Crippen LogP contribution is 2.22. The van der Waals surface area contributed by atoms with E-state index in [1.54, 1.807) is 4.72 Å². The summed E-state index contributed by atoms with van der Waals surface area (Å²) in [6.07, 6.45) is 3.46. The lowest BCUT2D eigenvalue weighted by Crippen LogP contribution is -2.21. The van der Waals surface area contributed by atoms with Gasteiger partial charge in [-0.2, -0.15) is 0 Å². The fourth-order valence-electron chi connectivity index (χ4n) is 2.44. The summed E-state index contributed by atoms with van der Waals surface area (Å²) in [5.74, 6) is -3.15. The summed E-state index contributed by atoms with van der Waals surface area (Å²) in [4.78, 5) is 12.0. The second kappa shape index (κ2) is 9.46. The maximum atomic E-state index is 14.0. The third-order valence-electron chi connectivity index (χ3n) is 3.65. The zero-order chi connectivity index (χ0) is 21.6. The van der Waals surface area contributed by atoms with Crippen LogP contribution in [0.1, 0.15) is 18.1 Å². The van der Waals surface area contributed by atoms with Gasteiger partial charge in [0.25, 0.3) is 0 Å². The third-order valence-corrected chi connectivity index (χ3v) is 4.23. The Labute approximate surface area is 166 Å². The van der Waals surface area contributed by atoms with Crippen LogP contribution in [-0.2, 0) is 21.4 Å². The van der Waals surface area contributed by atoms with Crippen molar-refractivity contribution in [3.8, 4) is 0 Å². The van der Waals surface area contributed by atoms with E-state index >= 15 is 0 Å². The predicted octanol–water partition coefficient (Wildman–Crippen LogP) is 3.24. The first-order chi connectivity index (χ1) is 13.6. The smallest absolute Gasteiger partial charge is 0.244 e. The van der Waals surface area contributed by atoms with Crippen LogP contribution in [0.2, 0.25) is 0 Å². The summed E-state index contributed by atoms with van der Waals surface area (Å²) < 4.78 is 65.3. The first-order valence-corrected chi connectivity index (χ1v) is 10.4. The monoisotopic (exact) mass is 427 g/mol. The zero-order valence-corrected chi connectivity index (χ0v) is 16.5. The lowest BCUT2D eigenvalue weighted by atomic mass is 10.1. The van der Waals surface area contributed by atoms with E-state index in [2.05, 4.69) is 10.6 Å². The van der Waals surface area contributed by atoms with Crippen molar-refractivity contribution in [2.75, 3.05) is 22.8 Å². The lowest BCUT2D eigenvalue weighted by molar-refractivity contribution is -0.116. The van der Waals surface area contributed by atoms with E-state index in [9.17, 15) is 26.4 Å². The van der Waals surface area contributed by atoms with Gasteiger partial charge < -0.3 is 10.6 Å². The van der Waals surface area contributed by atoms with Gasteiger partial charge in [-0.05, 0) is 54.5 Å². The molecule has 0 unspecified atom stereocenters. The molecule has 10 heteroatoms. The van der Waals surface area contributed by atoms with Crippen molar-refractivity contribution in [3.05, 3.63) is 65.0 Å². The number of amides is 1. The van der Waals surface area contributed by atoms with E-state index in [-0.39, 0.29) is 12.1 Å². The molecular formula is C19H20F3N3O3S. The van der Waals surface area contributed by atoms with Gasteiger partial charge >= 0.3 is 0 Å². The molecule has 2 aromatic rings. The van der Waals surface area contributed by atoms with E-state index < -0.39 is 39.1 Å². The van der Waals surface area contributed by atoms with Gasteiger partial charge in [-0.1, -0.05) is 0 Å². The van der Waals surface area contributed by atoms with Crippen molar-refractivity contribution < 1.29 is 26.4 Å². The SMILES string of the molecule is CCNc1cc(F)ccc1C=CC(=O)NCc1cc(F)c(NS(C)(=O)=O)c(F)c1. The summed E-state index contributed by atoms with van der Waals surface area (Å²) in [6.45, 7) is 2.23. The van der Waals surface area contributed by atoms with Gasteiger partial charge in [0.05, 0.1) is 6.26 Å². The van der Waals surface area contributed by atoms with E-state index in [1.807, 2.05) is 6.92 Å². The average molecular weight is 427 g/mol. The number of anilines is 2. The summed E-state index contributed by atoms with van der Waals surface area (Å²) >= 11 is 0. The van der Waals surface area contributed by atoms with Crippen LogP contribution in [0.4, 0.5) is 24.5 Å². The van der Waals surface area contributed by atoms with Crippen molar-refractivity contribution >= 4 is 33.4 Å². The molecule has 156 valence electrons. The van der Waals surface area contributed by atoms with Crippen LogP contribution in [0.5, 0.6) is 0 Å². The highest BCUT2D eigenvalue weighted by atomic mass is 32.2. The molecule has 0 aromatic heterocycles. The lowest BCUT2D eigenvalue weighted by Gasteiger charge is -2.10. The number of carbonyl (C=O) groups excluding carboxylic acids is 1. The molecule has 0 aliphatic carbocycles. The molecule has 0 fully saturated rings. The first kappa shape index (κ1) is 22.3. The van der Waals surface area contributed by atoms with Crippen LogP contribution < -0.4 is 15.4 Å². The van der Waals surface area contributed by atoms with Crippen molar-refractivity contribution in [2.45, 2.75) is 13.5 Å². The minimum absolute atomic E-state index is 0.107. The quantitative estimate of drug-likeness (QED) is 0.565. The van der Waals surface area contributed by atoms with Crippen LogP contribution in [0.25, 0.3) is 6.08 Å². The fourth-order valence-corrected chi connectivity index (χ4v) is 3.01. The second-order valence-electron chi connectivity index (χ2n) is 6.12. The highest BCUT2D eigenvalue weighted by Gasteiger charge is 2.15. The van der Waals surface area contributed by atoms with Crippen molar-refractivity contribution in [1.29, 1.82) is 0 Å². The maximum Gasteiger partial charge on any atom is 0.244 e. The highest BCUT2D eigenvalue weighted by molar-refractivity contribution is 7.92. The fraction of sp³-hybridized carbons (Fsp3) is 0.211. The van der Waals surface area contributed by atoms with Crippen LogP contribution in [0.15, 0.2) is 36.4 Å². The number of nitrogens with one attached hydrogen (secondary N) is 3. The molecular weight excluding hydrogens is 407 g/mol. The Morgan fingerprint density at radius 1 is 1.10 bits per heavy atom. The molecule has 0 aliphatic heterocycles. The van der Waals surface area contributed by atoms with Gasteiger partial charge in [0.15, 0.2) is 11.6 Å². The molecule has 0 bridgehead atoms. The van der Waals surface area contributed by atoms with E-state index in [0.717, 1.165) is 18.4 Å². The van der Waals surface area contributed by atoms with E-state index in [4.69, 9.17) is 0 Å². The molecule has 0 aliphatic rings. The Morgan fingerprint density at radius 3 is 2.34 bits per heavy atom. The topological polar surface area (TPSA) is 87.3 Å². The molecule has 2 rings (SSSR count). The molecule has 0 spiro atoms. The molecule has 0 saturated carbocycles. The summed E-state index contributed by atoms with van der Waals surface area (Å²) in [5, 5.41) is 5.44. The molecule has 1 amide bonds. The number of rotatable bonds is 8. The van der Waals surface area contributed by atoms with Crippen molar-refractivity contribution in [1.82, 2.24) is 5.32 Å². The molecule has 0 saturated heterocycles. The summed E-state index contributed by atoms with van der Waals surface area (Å²) in [7, 11) is -3.84. The normalized spacial score (nSPS) is 11.5. The van der Waals surface area contributed by atoms with E-state index in [0.29, 0.717) is 17.8 Å². The Balaban J connectivity index is 2.05. The standard InChI is InChI=1S/C19H20F3N3O3S/c1-3-23-17-10-14(20)6-4-13(17)5-7-18(26)24-11-12-8-15(21)19(16(22)9-12)25-29(2,27)28/h4-10,23,25H,3,11H2,1-2H3,(H,24,26). The van der Waals surface area contributed by atoms with Gasteiger partial charge in [-0.3, -0.25) is 9.52 Å². The van der Waals surface area contributed by atoms with Crippen LogP contribution in [-0.4, -0.2) is 27.1 Å². The number of halogens is 3. The van der Waals surface area contributed by atoms with Crippen molar-refractivity contribution in [2.24, 2.45) is 0 Å². The minimum Gasteiger partial charge on any atom is -0.385 e. The largest absolute Gasteiger partial charge is 0.385 e. The summed E-state index contributed by atoms with van der Waals surface area (Å²) in [6, 6.07) is 5.91. The van der Waals surface area contributed by atoms with Gasteiger partial charge in [0.1, 0.15) is 11.5 Å². The van der Waals surface area contributed by atoms with Crippen molar-refractivity contribution in [3.63, 3.8) is 0 Å². The molecule has 3 N–H and O–H groups in total. The number of hydrogen-bond acceptors (Lipinski definition) is 4. The third kappa shape index (κ3) is 6.83. The molecule has 0 heterocycles. The number of hydrogen-bond donors (Lipinski definition) is 3. The van der Waals surface area contributed by atoms with Crippen LogP contribution in [0, 0.1) is 17.5 Å². The second-order valence-corrected chi connectivity index (χ2v) is 7.87. The van der Waals surface area contributed by atoms with E-state index in [1.165, 1.54) is 30.4 Å². The Kier molecular flexibility index (Phi) is 7.27. The molecule has 2 aromatic carbocycles. The van der Waals surface area contributed by atoms with Crippen LogP contribution in [0.3, 0.4) is 0 Å². The van der Waals surface area contributed by atoms with Gasteiger partial charge in [-0.25, -0.2) is 21.6 Å². The average Bonchev–Trinajstić information content (AvgIpc) is 2.62. The van der Waals surface area contributed by atoms with Crippen LogP contribution >= 0.6 is 0 Å². The van der Waals surface area contributed by atoms with Gasteiger partial charge in [-0.15, -0.1) is 0 Å². The molecule has 0 atom stereocenters. The zero-order valence-electron chi connectivity index (χ0n) is 15.7. The Morgan fingerprint density at radius 2 is 1.76 bits per heavy atom.